The number of hydrogen-bond donors (Lipinski definition) is 3. The van der Waals surface area contributed by atoms with Crippen LogP contribution in [-0.4, -0.2) is 15.1 Å². The van der Waals surface area contributed by atoms with Crippen molar-refractivity contribution in [3.63, 3.8) is 0 Å². The Morgan fingerprint density at radius 1 is 1.07 bits per heavy atom. The molecule has 0 bridgehead atoms. The van der Waals surface area contributed by atoms with E-state index in [0.717, 1.165) is 23.3 Å². The SMILES string of the molecule is Cc1cc(NC(O)c2cccc(C(F)(F)F)c2)ccc1C#Cc1cnc(N)nc1. The van der Waals surface area contributed by atoms with E-state index in [4.69, 9.17) is 5.73 Å². The van der Waals surface area contributed by atoms with Crippen molar-refractivity contribution >= 4 is 11.6 Å². The molecular weight excluding hydrogens is 381 g/mol. The molecule has 3 rings (SSSR count). The number of alkyl halides is 3. The van der Waals surface area contributed by atoms with E-state index in [0.29, 0.717) is 11.3 Å². The Bertz CT molecular complexity index is 1070. The van der Waals surface area contributed by atoms with Crippen LogP contribution in [-0.2, 0) is 6.18 Å². The van der Waals surface area contributed by atoms with Crippen molar-refractivity contribution in [2.75, 3.05) is 11.1 Å². The standard InChI is InChI=1S/C21H17F3N4O/c1-13-9-18(8-7-15(13)6-5-14-11-26-20(25)27-12-14)28-19(29)16-3-2-4-17(10-16)21(22,23)24/h2-4,7-12,19,28-29H,1H3,(H2,25,26,27). The van der Waals surface area contributed by atoms with Gasteiger partial charge in [-0.3, -0.25) is 0 Å². The highest BCUT2D eigenvalue weighted by Crippen LogP contribution is 2.31. The van der Waals surface area contributed by atoms with Crippen LogP contribution in [0.25, 0.3) is 0 Å². The number of nitrogens with two attached hydrogens (primary N) is 1. The first-order chi connectivity index (χ1) is 13.7. The average Bonchev–Trinajstić information content (AvgIpc) is 2.68. The number of anilines is 2. The Kier molecular flexibility index (Phi) is 5.71. The first kappa shape index (κ1) is 20.2. The van der Waals surface area contributed by atoms with Gasteiger partial charge in [0, 0.05) is 29.2 Å². The molecule has 29 heavy (non-hydrogen) atoms. The highest BCUT2D eigenvalue weighted by Gasteiger charge is 2.30. The molecule has 5 nitrogen and oxygen atoms in total. The van der Waals surface area contributed by atoms with E-state index >= 15 is 0 Å². The summed E-state index contributed by atoms with van der Waals surface area (Å²) in [6, 6.07) is 9.75. The first-order valence-electron chi connectivity index (χ1n) is 8.54. The summed E-state index contributed by atoms with van der Waals surface area (Å²) in [4.78, 5) is 7.73. The molecule has 1 heterocycles. The molecule has 0 spiro atoms. The highest BCUT2D eigenvalue weighted by molar-refractivity contribution is 5.54. The van der Waals surface area contributed by atoms with E-state index in [9.17, 15) is 18.3 Å². The van der Waals surface area contributed by atoms with Gasteiger partial charge in [0.25, 0.3) is 0 Å². The molecule has 1 atom stereocenters. The predicted molar refractivity (Wildman–Crippen MR) is 104 cm³/mol. The third-order valence-electron chi connectivity index (χ3n) is 4.07. The maximum Gasteiger partial charge on any atom is 0.416 e. The van der Waals surface area contributed by atoms with Gasteiger partial charge in [-0.25, -0.2) is 9.97 Å². The molecule has 0 aliphatic heterocycles. The zero-order chi connectivity index (χ0) is 21.0. The summed E-state index contributed by atoms with van der Waals surface area (Å²) in [5.74, 6) is 6.10. The number of rotatable bonds is 3. The molecule has 1 unspecified atom stereocenters. The normalized spacial score (nSPS) is 12.0. The molecule has 2 aromatic carbocycles. The van der Waals surface area contributed by atoms with Crippen LogP contribution < -0.4 is 11.1 Å². The minimum Gasteiger partial charge on any atom is -0.369 e. The number of nitrogens with one attached hydrogen (secondary N) is 1. The van der Waals surface area contributed by atoms with Crippen LogP contribution >= 0.6 is 0 Å². The van der Waals surface area contributed by atoms with Gasteiger partial charge in [0.2, 0.25) is 5.95 Å². The fourth-order valence-electron chi connectivity index (χ4n) is 2.56. The predicted octanol–water partition coefficient (Wildman–Crippen LogP) is 3.89. The van der Waals surface area contributed by atoms with Crippen molar-refractivity contribution in [2.45, 2.75) is 19.3 Å². The van der Waals surface area contributed by atoms with Crippen LogP contribution in [0.15, 0.2) is 54.9 Å². The zero-order valence-electron chi connectivity index (χ0n) is 15.3. The Morgan fingerprint density at radius 2 is 1.79 bits per heavy atom. The van der Waals surface area contributed by atoms with Gasteiger partial charge in [-0.2, -0.15) is 13.2 Å². The topological polar surface area (TPSA) is 84.1 Å². The Balaban J connectivity index is 1.75. The number of aliphatic hydroxyl groups excluding tert-OH is 1. The molecule has 3 aromatic rings. The smallest absolute Gasteiger partial charge is 0.369 e. The second-order valence-corrected chi connectivity index (χ2v) is 6.28. The molecule has 0 saturated heterocycles. The summed E-state index contributed by atoms with van der Waals surface area (Å²) >= 11 is 0. The third-order valence-corrected chi connectivity index (χ3v) is 4.07. The van der Waals surface area contributed by atoms with Crippen LogP contribution in [0.5, 0.6) is 0 Å². The Labute approximate surface area is 165 Å². The fourth-order valence-corrected chi connectivity index (χ4v) is 2.56. The molecule has 0 amide bonds. The number of nitrogen functional groups attached to an aromatic ring is 1. The highest BCUT2D eigenvalue weighted by atomic mass is 19.4. The summed E-state index contributed by atoms with van der Waals surface area (Å²) in [5, 5.41) is 13.1. The van der Waals surface area contributed by atoms with Gasteiger partial charge < -0.3 is 16.2 Å². The lowest BCUT2D eigenvalue weighted by Gasteiger charge is -2.17. The van der Waals surface area contributed by atoms with Crippen molar-refractivity contribution in [1.29, 1.82) is 0 Å². The van der Waals surface area contributed by atoms with Gasteiger partial charge in [-0.05, 0) is 42.8 Å². The van der Waals surface area contributed by atoms with Crippen LogP contribution in [0, 0.1) is 18.8 Å². The molecule has 148 valence electrons. The van der Waals surface area contributed by atoms with Crippen LogP contribution in [0.2, 0.25) is 0 Å². The quantitative estimate of drug-likeness (QED) is 0.461. The molecule has 8 heteroatoms. The number of aromatic nitrogens is 2. The van der Waals surface area contributed by atoms with E-state index in [1.807, 2.05) is 6.92 Å². The van der Waals surface area contributed by atoms with Crippen molar-refractivity contribution < 1.29 is 18.3 Å². The van der Waals surface area contributed by atoms with E-state index in [-0.39, 0.29) is 11.5 Å². The average molecular weight is 398 g/mol. The lowest BCUT2D eigenvalue weighted by molar-refractivity contribution is -0.137. The molecule has 0 fully saturated rings. The van der Waals surface area contributed by atoms with Crippen LogP contribution in [0.1, 0.15) is 34.0 Å². The summed E-state index contributed by atoms with van der Waals surface area (Å²) < 4.78 is 38.5. The number of aryl methyl sites for hydroxylation is 1. The Hall–Kier alpha value is -3.57. The second-order valence-electron chi connectivity index (χ2n) is 6.28. The monoisotopic (exact) mass is 398 g/mol. The fraction of sp³-hybridized carbons (Fsp3) is 0.143. The van der Waals surface area contributed by atoms with Gasteiger partial charge in [0.1, 0.15) is 0 Å². The van der Waals surface area contributed by atoms with E-state index in [1.54, 1.807) is 18.2 Å². The van der Waals surface area contributed by atoms with Crippen molar-refractivity contribution in [3.05, 3.63) is 82.7 Å². The van der Waals surface area contributed by atoms with Crippen molar-refractivity contribution in [2.24, 2.45) is 0 Å². The minimum atomic E-state index is -4.47. The summed E-state index contributed by atoms with van der Waals surface area (Å²) in [5.41, 5.74) is 7.47. The number of halogens is 3. The molecule has 4 N–H and O–H groups in total. The number of nitrogens with zero attached hydrogens (tertiary/aromatic N) is 2. The van der Waals surface area contributed by atoms with Gasteiger partial charge >= 0.3 is 6.18 Å². The second kappa shape index (κ2) is 8.20. The van der Waals surface area contributed by atoms with Gasteiger partial charge in [-0.1, -0.05) is 24.0 Å². The minimum absolute atomic E-state index is 0.115. The summed E-state index contributed by atoms with van der Waals surface area (Å²) in [7, 11) is 0. The van der Waals surface area contributed by atoms with Crippen molar-refractivity contribution in [3.8, 4) is 11.8 Å². The third kappa shape index (κ3) is 5.24. The largest absolute Gasteiger partial charge is 0.416 e. The molecule has 0 radical (unpaired) electrons. The molecule has 1 aromatic heterocycles. The summed E-state index contributed by atoms with van der Waals surface area (Å²) in [6.07, 6.45) is -2.72. The van der Waals surface area contributed by atoms with Crippen LogP contribution in [0.3, 0.4) is 0 Å². The van der Waals surface area contributed by atoms with Gasteiger partial charge in [-0.15, -0.1) is 0 Å². The molecular formula is C21H17F3N4O. The van der Waals surface area contributed by atoms with E-state index in [1.165, 1.54) is 24.5 Å². The maximum atomic E-state index is 12.8. The summed E-state index contributed by atoms with van der Waals surface area (Å²) in [6.45, 7) is 1.84. The van der Waals surface area contributed by atoms with E-state index < -0.39 is 18.0 Å². The molecule has 0 aliphatic carbocycles. The zero-order valence-corrected chi connectivity index (χ0v) is 15.3. The van der Waals surface area contributed by atoms with Crippen LogP contribution in [0.4, 0.5) is 24.8 Å². The Morgan fingerprint density at radius 3 is 2.45 bits per heavy atom. The molecule has 0 aliphatic rings. The van der Waals surface area contributed by atoms with Crippen molar-refractivity contribution in [1.82, 2.24) is 9.97 Å². The lowest BCUT2D eigenvalue weighted by Crippen LogP contribution is -2.12. The maximum absolute atomic E-state index is 12.8. The first-order valence-corrected chi connectivity index (χ1v) is 8.54. The number of hydrogen-bond acceptors (Lipinski definition) is 5. The molecule has 0 saturated carbocycles. The van der Waals surface area contributed by atoms with Gasteiger partial charge in [0.05, 0.1) is 11.1 Å². The van der Waals surface area contributed by atoms with Gasteiger partial charge in [0.15, 0.2) is 6.23 Å². The number of benzene rings is 2. The lowest BCUT2D eigenvalue weighted by atomic mass is 10.1. The van der Waals surface area contributed by atoms with E-state index in [2.05, 4.69) is 27.1 Å². The number of aliphatic hydroxyl groups is 1.